The van der Waals surface area contributed by atoms with Gasteiger partial charge in [0.15, 0.2) is 0 Å². The van der Waals surface area contributed by atoms with Crippen LogP contribution in [0.3, 0.4) is 0 Å². The van der Waals surface area contributed by atoms with Gasteiger partial charge in [0.05, 0.1) is 6.61 Å². The average Bonchev–Trinajstić information content (AvgIpc) is 3.09. The van der Waals surface area contributed by atoms with Crippen LogP contribution >= 0.6 is 11.3 Å². The van der Waals surface area contributed by atoms with Gasteiger partial charge in [-0.2, -0.15) is 0 Å². The van der Waals surface area contributed by atoms with Crippen molar-refractivity contribution in [3.8, 4) is 0 Å². The summed E-state index contributed by atoms with van der Waals surface area (Å²) in [5.41, 5.74) is 0. The van der Waals surface area contributed by atoms with Crippen molar-refractivity contribution in [3.63, 3.8) is 0 Å². The lowest BCUT2D eigenvalue weighted by Gasteiger charge is -2.20. The van der Waals surface area contributed by atoms with Gasteiger partial charge in [0.1, 0.15) is 5.01 Å². The number of urea groups is 1. The molecule has 0 unspecified atom stereocenters. The number of amides is 2. The van der Waals surface area contributed by atoms with Crippen LogP contribution in [0.25, 0.3) is 0 Å². The van der Waals surface area contributed by atoms with E-state index in [1.54, 1.807) is 4.90 Å². The Balaban J connectivity index is 1.91. The number of anilines is 1. The van der Waals surface area contributed by atoms with Crippen molar-refractivity contribution in [1.29, 1.82) is 0 Å². The van der Waals surface area contributed by atoms with Crippen molar-refractivity contribution < 1.29 is 9.90 Å². The van der Waals surface area contributed by atoms with Crippen LogP contribution in [-0.2, 0) is 6.42 Å². The summed E-state index contributed by atoms with van der Waals surface area (Å²) in [6.45, 7) is 2.44. The molecule has 0 radical (unpaired) electrons. The predicted octanol–water partition coefficient (Wildman–Crippen LogP) is 1.48. The molecule has 7 heteroatoms. The molecule has 0 saturated heterocycles. The number of rotatable bonds is 6. The molecule has 0 aromatic carbocycles. The zero-order valence-electron chi connectivity index (χ0n) is 10.4. The van der Waals surface area contributed by atoms with E-state index in [2.05, 4.69) is 22.4 Å². The minimum Gasteiger partial charge on any atom is -0.395 e. The number of hydrogen-bond acceptors (Lipinski definition) is 5. The van der Waals surface area contributed by atoms with Crippen molar-refractivity contribution in [2.75, 3.05) is 18.5 Å². The molecule has 1 aromatic heterocycles. The second-order valence-electron chi connectivity index (χ2n) is 4.33. The fourth-order valence-corrected chi connectivity index (χ4v) is 2.56. The summed E-state index contributed by atoms with van der Waals surface area (Å²) in [4.78, 5) is 13.7. The molecule has 1 aromatic rings. The molecule has 2 N–H and O–H groups in total. The molecular formula is C11H18N4O2S. The van der Waals surface area contributed by atoms with Crippen LogP contribution in [0, 0.1) is 0 Å². The minimum atomic E-state index is -0.189. The summed E-state index contributed by atoms with van der Waals surface area (Å²) in [6, 6.07) is 0.0888. The van der Waals surface area contributed by atoms with Gasteiger partial charge in [-0.05, 0) is 19.3 Å². The molecule has 2 rings (SSSR count). The Kier molecular flexibility index (Phi) is 4.48. The second kappa shape index (κ2) is 6.10. The third-order valence-electron chi connectivity index (χ3n) is 2.73. The lowest BCUT2D eigenvalue weighted by molar-refractivity contribution is 0.185. The minimum absolute atomic E-state index is 0.0128. The summed E-state index contributed by atoms with van der Waals surface area (Å²) in [6.07, 6.45) is 3.94. The van der Waals surface area contributed by atoms with Gasteiger partial charge in [-0.25, -0.2) is 4.79 Å². The largest absolute Gasteiger partial charge is 0.395 e. The molecule has 100 valence electrons. The lowest BCUT2D eigenvalue weighted by atomic mass is 10.4. The third kappa shape index (κ3) is 3.39. The Morgan fingerprint density at radius 2 is 2.33 bits per heavy atom. The van der Waals surface area contributed by atoms with Gasteiger partial charge in [-0.1, -0.05) is 18.3 Å². The maximum atomic E-state index is 12.0. The van der Waals surface area contributed by atoms with Crippen LogP contribution in [-0.4, -0.2) is 45.4 Å². The number of aromatic nitrogens is 2. The van der Waals surface area contributed by atoms with Gasteiger partial charge in [0, 0.05) is 19.0 Å². The van der Waals surface area contributed by atoms with Crippen LogP contribution in [0.4, 0.5) is 9.93 Å². The quantitative estimate of drug-likeness (QED) is 0.820. The van der Waals surface area contributed by atoms with Crippen LogP contribution in [0.5, 0.6) is 0 Å². The monoisotopic (exact) mass is 270 g/mol. The molecule has 0 bridgehead atoms. The van der Waals surface area contributed by atoms with Crippen LogP contribution in [0.2, 0.25) is 0 Å². The van der Waals surface area contributed by atoms with E-state index in [1.165, 1.54) is 11.3 Å². The first-order chi connectivity index (χ1) is 8.74. The van der Waals surface area contributed by atoms with E-state index in [-0.39, 0.29) is 18.7 Å². The van der Waals surface area contributed by atoms with Crippen molar-refractivity contribution in [2.45, 2.75) is 38.6 Å². The molecule has 1 heterocycles. The van der Waals surface area contributed by atoms with E-state index in [1.807, 2.05) is 0 Å². The first-order valence-corrected chi connectivity index (χ1v) is 7.07. The van der Waals surface area contributed by atoms with E-state index < -0.39 is 0 Å². The van der Waals surface area contributed by atoms with Crippen LogP contribution in [0.1, 0.15) is 31.2 Å². The zero-order chi connectivity index (χ0) is 13.0. The molecule has 6 nitrogen and oxygen atoms in total. The van der Waals surface area contributed by atoms with E-state index in [0.29, 0.717) is 11.7 Å². The molecule has 0 spiro atoms. The molecule has 18 heavy (non-hydrogen) atoms. The number of hydrogen-bond donors (Lipinski definition) is 2. The predicted molar refractivity (Wildman–Crippen MR) is 69.7 cm³/mol. The number of aryl methyl sites for hydroxylation is 1. The Morgan fingerprint density at radius 3 is 2.94 bits per heavy atom. The summed E-state index contributed by atoms with van der Waals surface area (Å²) in [5.74, 6) is 0. The van der Waals surface area contributed by atoms with Crippen LogP contribution < -0.4 is 5.32 Å². The van der Waals surface area contributed by atoms with E-state index in [0.717, 1.165) is 30.7 Å². The summed E-state index contributed by atoms with van der Waals surface area (Å²) >= 11 is 1.41. The molecule has 1 aliphatic rings. The third-order valence-corrected chi connectivity index (χ3v) is 3.63. The summed E-state index contributed by atoms with van der Waals surface area (Å²) in [7, 11) is 0. The lowest BCUT2D eigenvalue weighted by Crippen LogP contribution is -2.38. The highest BCUT2D eigenvalue weighted by atomic mass is 32.1. The van der Waals surface area contributed by atoms with Crippen molar-refractivity contribution in [2.24, 2.45) is 0 Å². The molecule has 1 fully saturated rings. The highest BCUT2D eigenvalue weighted by Gasteiger charge is 2.32. The van der Waals surface area contributed by atoms with Gasteiger partial charge in [-0.3, -0.25) is 5.32 Å². The van der Waals surface area contributed by atoms with Crippen molar-refractivity contribution in [1.82, 2.24) is 15.1 Å². The van der Waals surface area contributed by atoms with Gasteiger partial charge in [-0.15, -0.1) is 10.2 Å². The molecule has 2 amide bonds. The highest BCUT2D eigenvalue weighted by molar-refractivity contribution is 7.15. The normalized spacial score (nSPS) is 14.6. The molecule has 0 atom stereocenters. The summed E-state index contributed by atoms with van der Waals surface area (Å²) < 4.78 is 0. The SMILES string of the molecule is CCCc1nnc(NC(=O)N(CCO)C2CC2)s1. The molecular weight excluding hydrogens is 252 g/mol. The molecule has 0 aliphatic heterocycles. The zero-order valence-corrected chi connectivity index (χ0v) is 11.2. The first-order valence-electron chi connectivity index (χ1n) is 6.25. The Morgan fingerprint density at radius 1 is 1.56 bits per heavy atom. The first kappa shape index (κ1) is 13.2. The number of aliphatic hydroxyl groups is 1. The van der Waals surface area contributed by atoms with Gasteiger partial charge in [0.25, 0.3) is 0 Å². The number of nitrogens with one attached hydrogen (secondary N) is 1. The maximum absolute atomic E-state index is 12.0. The van der Waals surface area contributed by atoms with E-state index in [4.69, 9.17) is 5.11 Å². The van der Waals surface area contributed by atoms with Gasteiger partial charge in [0.2, 0.25) is 5.13 Å². The fourth-order valence-electron chi connectivity index (χ4n) is 1.73. The number of carbonyl (C=O) groups is 1. The fraction of sp³-hybridized carbons (Fsp3) is 0.727. The Labute approximate surface area is 110 Å². The Hall–Kier alpha value is -1.21. The topological polar surface area (TPSA) is 78.4 Å². The number of carbonyl (C=O) groups excluding carboxylic acids is 1. The Bertz CT molecular complexity index is 406. The maximum Gasteiger partial charge on any atom is 0.324 e. The summed E-state index contributed by atoms with van der Waals surface area (Å²) in [5, 5.41) is 21.1. The van der Waals surface area contributed by atoms with Crippen molar-refractivity contribution >= 4 is 22.5 Å². The number of aliphatic hydroxyl groups excluding tert-OH is 1. The van der Waals surface area contributed by atoms with Crippen LogP contribution in [0.15, 0.2) is 0 Å². The average molecular weight is 270 g/mol. The highest BCUT2D eigenvalue weighted by Crippen LogP contribution is 2.27. The van der Waals surface area contributed by atoms with E-state index in [9.17, 15) is 4.79 Å². The van der Waals surface area contributed by atoms with Crippen molar-refractivity contribution in [3.05, 3.63) is 5.01 Å². The second-order valence-corrected chi connectivity index (χ2v) is 5.39. The standard InChI is InChI=1S/C11H18N4O2S/c1-2-3-9-13-14-10(18-9)12-11(17)15(6-7-16)8-4-5-8/h8,16H,2-7H2,1H3,(H,12,14,17). The van der Waals surface area contributed by atoms with Gasteiger partial charge >= 0.3 is 6.03 Å². The van der Waals surface area contributed by atoms with E-state index >= 15 is 0 Å². The molecule has 1 aliphatic carbocycles. The number of nitrogens with zero attached hydrogens (tertiary/aromatic N) is 3. The molecule has 1 saturated carbocycles. The van der Waals surface area contributed by atoms with Gasteiger partial charge < -0.3 is 10.0 Å². The smallest absolute Gasteiger partial charge is 0.324 e.